The summed E-state index contributed by atoms with van der Waals surface area (Å²) < 4.78 is 5.13. The molecular weight excluding hydrogens is 294 g/mol. The maximum atomic E-state index is 12.3. The van der Waals surface area contributed by atoms with Gasteiger partial charge in [0.15, 0.2) is 0 Å². The number of carbonyl (C=O) groups is 1. The lowest BCUT2D eigenvalue weighted by Gasteiger charge is -2.09. The van der Waals surface area contributed by atoms with E-state index in [4.69, 9.17) is 4.74 Å². The Bertz CT molecular complexity index is 638. The molecule has 4 heteroatoms. The smallest absolute Gasteiger partial charge is 0.251 e. The van der Waals surface area contributed by atoms with E-state index in [1.54, 1.807) is 18.9 Å². The molecule has 116 valence electrons. The standard InChI is InChI=1S/C18H21NO2S/c1-13-4-9-16(22-3)12-17(13)18(20)19-11-10-14-5-7-15(21-2)8-6-14/h4-9,12H,10-11H2,1-3H3,(H,19,20). The van der Waals surface area contributed by atoms with Gasteiger partial charge in [0.2, 0.25) is 0 Å². The van der Waals surface area contributed by atoms with E-state index in [9.17, 15) is 4.79 Å². The predicted molar refractivity (Wildman–Crippen MR) is 92.0 cm³/mol. The third-order valence-corrected chi connectivity index (χ3v) is 4.27. The Hall–Kier alpha value is -1.94. The summed E-state index contributed by atoms with van der Waals surface area (Å²) in [6.07, 6.45) is 2.81. The largest absolute Gasteiger partial charge is 0.497 e. The van der Waals surface area contributed by atoms with Gasteiger partial charge in [0.25, 0.3) is 5.91 Å². The van der Waals surface area contributed by atoms with Gasteiger partial charge >= 0.3 is 0 Å². The molecule has 3 nitrogen and oxygen atoms in total. The Labute approximate surface area is 136 Å². The summed E-state index contributed by atoms with van der Waals surface area (Å²) in [4.78, 5) is 13.4. The number of benzene rings is 2. The first kappa shape index (κ1) is 16.4. The number of methoxy groups -OCH3 is 1. The molecule has 2 aromatic rings. The molecule has 22 heavy (non-hydrogen) atoms. The zero-order valence-electron chi connectivity index (χ0n) is 13.2. The van der Waals surface area contributed by atoms with E-state index in [2.05, 4.69) is 5.32 Å². The van der Waals surface area contributed by atoms with Crippen LogP contribution in [0.3, 0.4) is 0 Å². The van der Waals surface area contributed by atoms with Gasteiger partial charge in [0, 0.05) is 17.0 Å². The Morgan fingerprint density at radius 1 is 1.18 bits per heavy atom. The van der Waals surface area contributed by atoms with Crippen LogP contribution < -0.4 is 10.1 Å². The Morgan fingerprint density at radius 2 is 1.91 bits per heavy atom. The first-order valence-corrected chi connectivity index (χ1v) is 8.42. The number of hydrogen-bond acceptors (Lipinski definition) is 3. The number of hydrogen-bond donors (Lipinski definition) is 1. The van der Waals surface area contributed by atoms with Crippen LogP contribution in [0.2, 0.25) is 0 Å². The second-order valence-electron chi connectivity index (χ2n) is 5.03. The third kappa shape index (κ3) is 4.28. The van der Waals surface area contributed by atoms with Gasteiger partial charge in [-0.05, 0) is 55.0 Å². The summed E-state index contributed by atoms with van der Waals surface area (Å²) in [6.45, 7) is 2.58. The van der Waals surface area contributed by atoms with Gasteiger partial charge < -0.3 is 10.1 Å². The Morgan fingerprint density at radius 3 is 2.55 bits per heavy atom. The molecule has 2 aromatic carbocycles. The second-order valence-corrected chi connectivity index (χ2v) is 5.91. The topological polar surface area (TPSA) is 38.3 Å². The molecule has 0 atom stereocenters. The fraction of sp³-hybridized carbons (Fsp3) is 0.278. The van der Waals surface area contributed by atoms with Crippen LogP contribution in [-0.2, 0) is 6.42 Å². The normalized spacial score (nSPS) is 10.3. The van der Waals surface area contributed by atoms with Crippen molar-refractivity contribution in [3.8, 4) is 5.75 Å². The average molecular weight is 315 g/mol. The quantitative estimate of drug-likeness (QED) is 0.826. The summed E-state index contributed by atoms with van der Waals surface area (Å²) in [5.41, 5.74) is 2.93. The van der Waals surface area contributed by atoms with Crippen molar-refractivity contribution in [2.45, 2.75) is 18.2 Å². The van der Waals surface area contributed by atoms with E-state index in [1.807, 2.05) is 55.6 Å². The lowest BCUT2D eigenvalue weighted by atomic mass is 10.1. The highest BCUT2D eigenvalue weighted by atomic mass is 32.2. The van der Waals surface area contributed by atoms with E-state index < -0.39 is 0 Å². The number of thioether (sulfide) groups is 1. The third-order valence-electron chi connectivity index (χ3n) is 3.55. The summed E-state index contributed by atoms with van der Waals surface area (Å²) in [7, 11) is 1.65. The summed E-state index contributed by atoms with van der Waals surface area (Å²) in [6, 6.07) is 13.9. The molecular formula is C18H21NO2S. The minimum atomic E-state index is -0.0121. The van der Waals surface area contributed by atoms with Crippen molar-refractivity contribution in [2.24, 2.45) is 0 Å². The van der Waals surface area contributed by atoms with E-state index in [0.29, 0.717) is 6.54 Å². The van der Waals surface area contributed by atoms with Crippen molar-refractivity contribution in [3.63, 3.8) is 0 Å². The van der Waals surface area contributed by atoms with Crippen LogP contribution >= 0.6 is 11.8 Å². The minimum absolute atomic E-state index is 0.0121. The highest BCUT2D eigenvalue weighted by molar-refractivity contribution is 7.98. The van der Waals surface area contributed by atoms with Crippen LogP contribution in [0, 0.1) is 6.92 Å². The van der Waals surface area contributed by atoms with Crippen LogP contribution in [0.5, 0.6) is 5.75 Å². The Kier molecular flexibility index (Phi) is 5.90. The maximum Gasteiger partial charge on any atom is 0.251 e. The van der Waals surface area contributed by atoms with Gasteiger partial charge in [-0.3, -0.25) is 4.79 Å². The van der Waals surface area contributed by atoms with Crippen molar-refractivity contribution in [2.75, 3.05) is 19.9 Å². The van der Waals surface area contributed by atoms with Gasteiger partial charge in [-0.2, -0.15) is 0 Å². The number of aryl methyl sites for hydroxylation is 1. The molecule has 0 aliphatic heterocycles. The van der Waals surface area contributed by atoms with Gasteiger partial charge in [-0.15, -0.1) is 11.8 Å². The molecule has 0 heterocycles. The molecule has 0 aliphatic rings. The number of ether oxygens (including phenoxy) is 1. The molecule has 0 bridgehead atoms. The van der Waals surface area contributed by atoms with Crippen molar-refractivity contribution in [3.05, 3.63) is 59.2 Å². The summed E-state index contributed by atoms with van der Waals surface area (Å²) in [5.74, 6) is 0.833. The van der Waals surface area contributed by atoms with Crippen LogP contribution in [0.25, 0.3) is 0 Å². The van der Waals surface area contributed by atoms with Crippen LogP contribution in [0.4, 0.5) is 0 Å². The van der Waals surface area contributed by atoms with Crippen LogP contribution in [0.1, 0.15) is 21.5 Å². The molecule has 0 radical (unpaired) electrons. The molecule has 0 unspecified atom stereocenters. The van der Waals surface area contributed by atoms with Crippen LogP contribution in [-0.4, -0.2) is 25.8 Å². The van der Waals surface area contributed by atoms with E-state index in [-0.39, 0.29) is 5.91 Å². The predicted octanol–water partition coefficient (Wildman–Crippen LogP) is 3.70. The highest BCUT2D eigenvalue weighted by Crippen LogP contribution is 2.19. The number of amides is 1. The molecule has 0 aliphatic carbocycles. The minimum Gasteiger partial charge on any atom is -0.497 e. The number of nitrogens with one attached hydrogen (secondary N) is 1. The molecule has 0 fully saturated rings. The molecule has 2 rings (SSSR count). The van der Waals surface area contributed by atoms with E-state index in [1.165, 1.54) is 5.56 Å². The van der Waals surface area contributed by atoms with E-state index >= 15 is 0 Å². The molecule has 0 saturated heterocycles. The first-order valence-electron chi connectivity index (χ1n) is 7.20. The maximum absolute atomic E-state index is 12.3. The summed E-state index contributed by atoms with van der Waals surface area (Å²) in [5, 5.41) is 2.99. The summed E-state index contributed by atoms with van der Waals surface area (Å²) >= 11 is 1.64. The van der Waals surface area contributed by atoms with Gasteiger partial charge in [-0.25, -0.2) is 0 Å². The van der Waals surface area contributed by atoms with Crippen molar-refractivity contribution < 1.29 is 9.53 Å². The van der Waals surface area contributed by atoms with Gasteiger partial charge in [0.05, 0.1) is 7.11 Å². The zero-order chi connectivity index (χ0) is 15.9. The molecule has 0 aromatic heterocycles. The first-order chi connectivity index (χ1) is 10.6. The SMILES string of the molecule is COc1ccc(CCNC(=O)c2cc(SC)ccc2C)cc1. The Balaban J connectivity index is 1.92. The van der Waals surface area contributed by atoms with E-state index in [0.717, 1.165) is 28.2 Å². The molecule has 1 amide bonds. The lowest BCUT2D eigenvalue weighted by Crippen LogP contribution is -2.26. The number of rotatable bonds is 6. The fourth-order valence-electron chi connectivity index (χ4n) is 2.18. The second kappa shape index (κ2) is 7.90. The fourth-order valence-corrected chi connectivity index (χ4v) is 2.62. The van der Waals surface area contributed by atoms with Gasteiger partial charge in [0.1, 0.15) is 5.75 Å². The molecule has 1 N–H and O–H groups in total. The average Bonchev–Trinajstić information content (AvgIpc) is 2.55. The number of carbonyl (C=O) groups excluding carboxylic acids is 1. The molecule has 0 saturated carbocycles. The zero-order valence-corrected chi connectivity index (χ0v) is 14.0. The van der Waals surface area contributed by atoms with Gasteiger partial charge in [-0.1, -0.05) is 18.2 Å². The monoisotopic (exact) mass is 315 g/mol. The molecule has 0 spiro atoms. The van der Waals surface area contributed by atoms with Crippen molar-refractivity contribution >= 4 is 17.7 Å². The van der Waals surface area contributed by atoms with Crippen molar-refractivity contribution in [1.29, 1.82) is 0 Å². The lowest BCUT2D eigenvalue weighted by molar-refractivity contribution is 0.0953. The van der Waals surface area contributed by atoms with Crippen LogP contribution in [0.15, 0.2) is 47.4 Å². The van der Waals surface area contributed by atoms with Crippen molar-refractivity contribution in [1.82, 2.24) is 5.32 Å². The highest BCUT2D eigenvalue weighted by Gasteiger charge is 2.09.